The molecule has 1 aliphatic heterocycles. The summed E-state index contributed by atoms with van der Waals surface area (Å²) in [5, 5.41) is 2.52. The van der Waals surface area contributed by atoms with Gasteiger partial charge in [-0.05, 0) is 25.0 Å². The third kappa shape index (κ3) is 4.77. The van der Waals surface area contributed by atoms with E-state index in [-0.39, 0.29) is 28.9 Å². The van der Waals surface area contributed by atoms with Crippen LogP contribution in [0.15, 0.2) is 35.2 Å². The highest BCUT2D eigenvalue weighted by Crippen LogP contribution is 2.14. The van der Waals surface area contributed by atoms with Crippen molar-refractivity contribution in [3.8, 4) is 0 Å². The first kappa shape index (κ1) is 17.4. The fourth-order valence-corrected chi connectivity index (χ4v) is 3.69. The average molecular weight is 340 g/mol. The van der Waals surface area contributed by atoms with Crippen LogP contribution in [0.1, 0.15) is 12.8 Å². The lowest BCUT2D eigenvalue weighted by atomic mass is 10.1. The van der Waals surface area contributed by atoms with Gasteiger partial charge < -0.3 is 15.8 Å². The molecule has 1 aliphatic rings. The van der Waals surface area contributed by atoms with Crippen LogP contribution in [0.3, 0.4) is 0 Å². The standard InChI is InChI=1S/C15H20N2O5S/c16-14(18)13(17-15(19)11-6-8-22-10-11)7-9-23(20,21)12-4-2-1-3-5-12/h1-5,11,13H,6-10H2,(H2,16,18)(H,17,19)/t11-,13-/m0/s1. The van der Waals surface area contributed by atoms with Gasteiger partial charge in [0.2, 0.25) is 11.8 Å². The van der Waals surface area contributed by atoms with E-state index in [1.165, 1.54) is 12.1 Å². The number of carbonyl (C=O) groups is 2. The summed E-state index contributed by atoms with van der Waals surface area (Å²) in [7, 11) is -3.53. The maximum atomic E-state index is 12.2. The van der Waals surface area contributed by atoms with Gasteiger partial charge in [-0.2, -0.15) is 0 Å². The Morgan fingerprint density at radius 2 is 2.00 bits per heavy atom. The minimum Gasteiger partial charge on any atom is -0.381 e. The van der Waals surface area contributed by atoms with Gasteiger partial charge in [-0.1, -0.05) is 18.2 Å². The highest BCUT2D eigenvalue weighted by atomic mass is 32.2. The normalized spacial score (nSPS) is 19.2. The van der Waals surface area contributed by atoms with Gasteiger partial charge in [0, 0.05) is 6.61 Å². The first-order valence-corrected chi connectivity index (χ1v) is 9.00. The number of amides is 2. The molecule has 0 bridgehead atoms. The van der Waals surface area contributed by atoms with E-state index in [1.807, 2.05) is 0 Å². The van der Waals surface area contributed by atoms with E-state index in [0.29, 0.717) is 19.6 Å². The lowest BCUT2D eigenvalue weighted by Gasteiger charge is -2.17. The Balaban J connectivity index is 1.97. The number of ether oxygens (including phenoxy) is 1. The Kier molecular flexibility index (Phi) is 5.73. The van der Waals surface area contributed by atoms with Gasteiger partial charge in [0.25, 0.3) is 0 Å². The molecule has 1 aromatic carbocycles. The minimum atomic E-state index is -3.53. The zero-order valence-corrected chi connectivity index (χ0v) is 13.4. The Hall–Kier alpha value is -1.93. The van der Waals surface area contributed by atoms with Crippen LogP contribution < -0.4 is 11.1 Å². The predicted molar refractivity (Wildman–Crippen MR) is 83.2 cm³/mol. The number of nitrogens with one attached hydrogen (secondary N) is 1. The van der Waals surface area contributed by atoms with Crippen LogP contribution in [0.25, 0.3) is 0 Å². The van der Waals surface area contributed by atoms with Gasteiger partial charge in [0.15, 0.2) is 9.84 Å². The van der Waals surface area contributed by atoms with Crippen LogP contribution in [-0.2, 0) is 24.2 Å². The second-order valence-electron chi connectivity index (χ2n) is 5.44. The molecule has 23 heavy (non-hydrogen) atoms. The number of rotatable bonds is 7. The smallest absolute Gasteiger partial charge is 0.240 e. The summed E-state index contributed by atoms with van der Waals surface area (Å²) in [6.45, 7) is 0.807. The van der Waals surface area contributed by atoms with Crippen LogP contribution in [-0.4, -0.2) is 45.2 Å². The van der Waals surface area contributed by atoms with Crippen LogP contribution >= 0.6 is 0 Å². The number of nitrogens with two attached hydrogens (primary N) is 1. The van der Waals surface area contributed by atoms with E-state index in [4.69, 9.17) is 10.5 Å². The van der Waals surface area contributed by atoms with Crippen LogP contribution in [0.2, 0.25) is 0 Å². The Morgan fingerprint density at radius 3 is 2.57 bits per heavy atom. The quantitative estimate of drug-likeness (QED) is 0.716. The number of hydrogen-bond acceptors (Lipinski definition) is 5. The maximum absolute atomic E-state index is 12.2. The second kappa shape index (κ2) is 7.56. The summed E-state index contributed by atoms with van der Waals surface area (Å²) in [5.74, 6) is -1.67. The van der Waals surface area contributed by atoms with Crippen molar-refractivity contribution in [3.05, 3.63) is 30.3 Å². The molecule has 8 heteroatoms. The van der Waals surface area contributed by atoms with Gasteiger partial charge in [-0.3, -0.25) is 9.59 Å². The summed E-state index contributed by atoms with van der Waals surface area (Å²) >= 11 is 0. The van der Waals surface area contributed by atoms with Gasteiger partial charge in [0.1, 0.15) is 6.04 Å². The van der Waals surface area contributed by atoms with Crippen molar-refractivity contribution in [2.24, 2.45) is 11.7 Å². The van der Waals surface area contributed by atoms with Crippen molar-refractivity contribution < 1.29 is 22.7 Å². The van der Waals surface area contributed by atoms with E-state index in [0.717, 1.165) is 0 Å². The number of sulfone groups is 1. The van der Waals surface area contributed by atoms with Gasteiger partial charge in [0.05, 0.1) is 23.2 Å². The van der Waals surface area contributed by atoms with Gasteiger partial charge >= 0.3 is 0 Å². The molecule has 126 valence electrons. The van der Waals surface area contributed by atoms with Gasteiger partial charge in [-0.15, -0.1) is 0 Å². The number of carbonyl (C=O) groups excluding carboxylic acids is 2. The van der Waals surface area contributed by atoms with E-state index in [2.05, 4.69) is 5.32 Å². The fraction of sp³-hybridized carbons (Fsp3) is 0.467. The topological polar surface area (TPSA) is 116 Å². The lowest BCUT2D eigenvalue weighted by molar-refractivity contribution is -0.129. The molecule has 0 unspecified atom stereocenters. The molecule has 2 amide bonds. The first-order valence-electron chi connectivity index (χ1n) is 7.35. The summed E-state index contributed by atoms with van der Waals surface area (Å²) in [4.78, 5) is 23.7. The molecule has 2 atom stereocenters. The fourth-order valence-electron chi connectivity index (χ4n) is 2.34. The summed E-state index contributed by atoms with van der Waals surface area (Å²) in [5.41, 5.74) is 5.27. The highest BCUT2D eigenvalue weighted by molar-refractivity contribution is 7.91. The molecular formula is C15H20N2O5S. The zero-order valence-electron chi connectivity index (χ0n) is 12.6. The minimum absolute atomic E-state index is 0.0636. The molecular weight excluding hydrogens is 320 g/mol. The zero-order chi connectivity index (χ0) is 16.9. The number of hydrogen-bond donors (Lipinski definition) is 2. The Labute approximate surface area is 135 Å². The second-order valence-corrected chi connectivity index (χ2v) is 7.55. The SMILES string of the molecule is NC(=O)[C@H](CCS(=O)(=O)c1ccccc1)NC(=O)[C@H]1CCOC1. The van der Waals surface area contributed by atoms with E-state index in [1.54, 1.807) is 18.2 Å². The number of primary amides is 1. The molecule has 1 aromatic rings. The predicted octanol–water partition coefficient (Wildman–Crippen LogP) is -0.143. The third-order valence-corrected chi connectivity index (χ3v) is 5.50. The summed E-state index contributed by atoms with van der Waals surface area (Å²) in [6.07, 6.45) is 0.519. The summed E-state index contributed by atoms with van der Waals surface area (Å²) in [6, 6.07) is 6.93. The molecule has 2 rings (SSSR count). The average Bonchev–Trinajstić information content (AvgIpc) is 3.06. The summed E-state index contributed by atoms with van der Waals surface area (Å²) < 4.78 is 29.6. The van der Waals surface area contributed by atoms with E-state index >= 15 is 0 Å². The Bertz CT molecular complexity index is 654. The monoisotopic (exact) mass is 340 g/mol. The maximum Gasteiger partial charge on any atom is 0.240 e. The van der Waals surface area contributed by atoms with Crippen molar-refractivity contribution in [2.45, 2.75) is 23.8 Å². The molecule has 0 aromatic heterocycles. The van der Waals surface area contributed by atoms with Crippen molar-refractivity contribution in [1.82, 2.24) is 5.32 Å². The van der Waals surface area contributed by atoms with E-state index < -0.39 is 21.8 Å². The molecule has 1 saturated heterocycles. The molecule has 0 aliphatic carbocycles. The van der Waals surface area contributed by atoms with Crippen molar-refractivity contribution in [2.75, 3.05) is 19.0 Å². The third-order valence-electron chi connectivity index (χ3n) is 3.74. The number of benzene rings is 1. The lowest BCUT2D eigenvalue weighted by Crippen LogP contribution is -2.47. The molecule has 3 N–H and O–H groups in total. The van der Waals surface area contributed by atoms with Crippen LogP contribution in [0.5, 0.6) is 0 Å². The van der Waals surface area contributed by atoms with Crippen molar-refractivity contribution in [1.29, 1.82) is 0 Å². The van der Waals surface area contributed by atoms with Crippen LogP contribution in [0.4, 0.5) is 0 Å². The molecule has 0 radical (unpaired) electrons. The largest absolute Gasteiger partial charge is 0.381 e. The molecule has 7 nitrogen and oxygen atoms in total. The van der Waals surface area contributed by atoms with Gasteiger partial charge in [-0.25, -0.2) is 8.42 Å². The molecule has 0 spiro atoms. The first-order chi connectivity index (χ1) is 10.9. The molecule has 1 fully saturated rings. The van der Waals surface area contributed by atoms with E-state index in [9.17, 15) is 18.0 Å². The Morgan fingerprint density at radius 1 is 1.30 bits per heavy atom. The highest BCUT2D eigenvalue weighted by Gasteiger charge is 2.28. The van der Waals surface area contributed by atoms with Crippen molar-refractivity contribution >= 4 is 21.7 Å². The van der Waals surface area contributed by atoms with Crippen molar-refractivity contribution in [3.63, 3.8) is 0 Å². The van der Waals surface area contributed by atoms with Crippen LogP contribution in [0, 0.1) is 5.92 Å². The molecule has 1 heterocycles. The molecule has 0 saturated carbocycles.